The Bertz CT molecular complexity index is 867. The smallest absolute Gasteiger partial charge is 0.248 e. The van der Waals surface area contributed by atoms with E-state index in [0.717, 1.165) is 4.31 Å². The van der Waals surface area contributed by atoms with E-state index in [1.54, 1.807) is 30.3 Å². The normalized spacial score (nSPS) is 17.6. The van der Waals surface area contributed by atoms with Crippen molar-refractivity contribution in [2.75, 3.05) is 9.62 Å². The number of hydrogen-bond donors (Lipinski definition) is 1. The highest BCUT2D eigenvalue weighted by Gasteiger charge is 2.37. The average Bonchev–Trinajstić information content (AvgIpc) is 2.47. The predicted molar refractivity (Wildman–Crippen MR) is 86.0 cm³/mol. The van der Waals surface area contributed by atoms with Crippen molar-refractivity contribution in [3.63, 3.8) is 0 Å². The van der Waals surface area contributed by atoms with E-state index in [4.69, 9.17) is 0 Å². The molecule has 0 unspecified atom stereocenters. The van der Waals surface area contributed by atoms with Crippen molar-refractivity contribution in [2.45, 2.75) is 18.7 Å². The Labute approximate surface area is 133 Å². The Morgan fingerprint density at radius 1 is 1.17 bits per heavy atom. The van der Waals surface area contributed by atoms with Gasteiger partial charge in [-0.05, 0) is 36.8 Å². The number of carbonyl (C=O) groups excluding carboxylic acids is 1. The molecule has 120 valence electrons. The van der Waals surface area contributed by atoms with Gasteiger partial charge in [0, 0.05) is 0 Å². The van der Waals surface area contributed by atoms with Crippen molar-refractivity contribution in [1.82, 2.24) is 0 Å². The number of halogens is 1. The van der Waals surface area contributed by atoms with Crippen molar-refractivity contribution in [3.05, 3.63) is 59.9 Å². The minimum atomic E-state index is -3.84. The SMILES string of the molecule is C[C@@H]1C(=O)Nc2ccccc2N1S(=O)(=O)Cc1cccc(F)c1. The summed E-state index contributed by atoms with van der Waals surface area (Å²) >= 11 is 0. The Kier molecular flexibility index (Phi) is 3.81. The van der Waals surface area contributed by atoms with E-state index in [2.05, 4.69) is 5.32 Å². The molecule has 0 radical (unpaired) electrons. The van der Waals surface area contributed by atoms with Gasteiger partial charge in [0.15, 0.2) is 0 Å². The van der Waals surface area contributed by atoms with Crippen molar-refractivity contribution >= 4 is 27.3 Å². The van der Waals surface area contributed by atoms with Crippen LogP contribution in [0.3, 0.4) is 0 Å². The number of benzene rings is 2. The Balaban J connectivity index is 2.03. The molecule has 0 saturated heterocycles. The third-order valence-corrected chi connectivity index (χ3v) is 5.48. The van der Waals surface area contributed by atoms with Crippen molar-refractivity contribution in [2.24, 2.45) is 0 Å². The number of hydrogen-bond acceptors (Lipinski definition) is 3. The molecule has 0 bridgehead atoms. The van der Waals surface area contributed by atoms with Crippen LogP contribution in [0.15, 0.2) is 48.5 Å². The second kappa shape index (κ2) is 5.66. The maximum atomic E-state index is 13.3. The summed E-state index contributed by atoms with van der Waals surface area (Å²) < 4.78 is 40.0. The monoisotopic (exact) mass is 334 g/mol. The highest BCUT2D eigenvalue weighted by atomic mass is 32.2. The van der Waals surface area contributed by atoms with Crippen LogP contribution in [0, 0.1) is 5.82 Å². The van der Waals surface area contributed by atoms with Crippen LogP contribution in [0.1, 0.15) is 12.5 Å². The molecule has 2 aromatic carbocycles. The lowest BCUT2D eigenvalue weighted by atomic mass is 10.1. The molecular weight excluding hydrogens is 319 g/mol. The first-order valence-corrected chi connectivity index (χ1v) is 8.66. The van der Waals surface area contributed by atoms with Gasteiger partial charge in [0.05, 0.1) is 17.1 Å². The number of fused-ring (bicyclic) bond motifs is 1. The lowest BCUT2D eigenvalue weighted by Gasteiger charge is -2.35. The summed E-state index contributed by atoms with van der Waals surface area (Å²) in [4.78, 5) is 12.0. The largest absolute Gasteiger partial charge is 0.322 e. The van der Waals surface area contributed by atoms with Crippen LogP contribution in [0.5, 0.6) is 0 Å². The summed E-state index contributed by atoms with van der Waals surface area (Å²) in [5, 5.41) is 2.68. The summed E-state index contributed by atoms with van der Waals surface area (Å²) in [5.41, 5.74) is 1.19. The molecule has 1 aliphatic rings. The van der Waals surface area contributed by atoms with Crippen LogP contribution in [0.25, 0.3) is 0 Å². The fourth-order valence-electron chi connectivity index (χ4n) is 2.62. The molecule has 3 rings (SSSR count). The van der Waals surface area contributed by atoms with Crippen LogP contribution in [-0.4, -0.2) is 20.4 Å². The van der Waals surface area contributed by atoms with Crippen LogP contribution in [0.4, 0.5) is 15.8 Å². The van der Waals surface area contributed by atoms with Gasteiger partial charge < -0.3 is 5.32 Å². The highest BCUT2D eigenvalue weighted by Crippen LogP contribution is 2.34. The lowest BCUT2D eigenvalue weighted by molar-refractivity contribution is -0.117. The van der Waals surface area contributed by atoms with Gasteiger partial charge in [0.1, 0.15) is 11.9 Å². The number of nitrogens with zero attached hydrogens (tertiary/aromatic N) is 1. The van der Waals surface area contributed by atoms with E-state index < -0.39 is 27.8 Å². The van der Waals surface area contributed by atoms with Crippen molar-refractivity contribution in [1.29, 1.82) is 0 Å². The Hall–Kier alpha value is -2.41. The van der Waals surface area contributed by atoms with E-state index in [1.807, 2.05) is 0 Å². The summed E-state index contributed by atoms with van der Waals surface area (Å²) in [6.45, 7) is 1.52. The Morgan fingerprint density at radius 2 is 1.91 bits per heavy atom. The number of para-hydroxylation sites is 2. The average molecular weight is 334 g/mol. The number of rotatable bonds is 3. The van der Waals surface area contributed by atoms with Gasteiger partial charge in [-0.2, -0.15) is 0 Å². The van der Waals surface area contributed by atoms with E-state index >= 15 is 0 Å². The molecule has 1 aliphatic heterocycles. The standard InChI is InChI=1S/C16H15FN2O3S/c1-11-16(20)18-14-7-2-3-8-15(14)19(11)23(21,22)10-12-5-4-6-13(17)9-12/h2-9,11H,10H2,1H3,(H,18,20)/t11-/m1/s1. The van der Waals surface area contributed by atoms with Gasteiger partial charge in [0.2, 0.25) is 15.9 Å². The topological polar surface area (TPSA) is 66.5 Å². The van der Waals surface area contributed by atoms with Gasteiger partial charge >= 0.3 is 0 Å². The van der Waals surface area contributed by atoms with Crippen LogP contribution in [0.2, 0.25) is 0 Å². The van der Waals surface area contributed by atoms with Crippen LogP contribution >= 0.6 is 0 Å². The number of sulfonamides is 1. The zero-order valence-corrected chi connectivity index (χ0v) is 13.2. The van der Waals surface area contributed by atoms with Gasteiger partial charge in [-0.1, -0.05) is 24.3 Å². The zero-order valence-electron chi connectivity index (χ0n) is 12.4. The fourth-order valence-corrected chi connectivity index (χ4v) is 4.40. The summed E-state index contributed by atoms with van der Waals surface area (Å²) in [7, 11) is -3.84. The summed E-state index contributed by atoms with van der Waals surface area (Å²) in [6.07, 6.45) is 0. The molecule has 2 aromatic rings. The summed E-state index contributed by atoms with van der Waals surface area (Å²) in [5.74, 6) is -1.27. The fraction of sp³-hybridized carbons (Fsp3) is 0.188. The molecule has 1 amide bonds. The number of anilines is 2. The number of carbonyl (C=O) groups is 1. The van der Waals surface area contributed by atoms with E-state index in [9.17, 15) is 17.6 Å². The van der Waals surface area contributed by atoms with Gasteiger partial charge in [-0.15, -0.1) is 0 Å². The predicted octanol–water partition coefficient (Wildman–Crippen LogP) is 2.50. The van der Waals surface area contributed by atoms with E-state index in [-0.39, 0.29) is 5.75 Å². The molecule has 0 aromatic heterocycles. The third kappa shape index (κ3) is 2.92. The summed E-state index contributed by atoms with van der Waals surface area (Å²) in [6, 6.07) is 11.3. The first-order valence-electron chi connectivity index (χ1n) is 7.05. The lowest BCUT2D eigenvalue weighted by Crippen LogP contribution is -2.49. The van der Waals surface area contributed by atoms with Gasteiger partial charge in [-0.3, -0.25) is 9.10 Å². The van der Waals surface area contributed by atoms with E-state index in [0.29, 0.717) is 16.9 Å². The molecule has 0 saturated carbocycles. The molecule has 5 nitrogen and oxygen atoms in total. The minimum Gasteiger partial charge on any atom is -0.322 e. The van der Waals surface area contributed by atoms with Crippen molar-refractivity contribution < 1.29 is 17.6 Å². The minimum absolute atomic E-state index is 0.334. The van der Waals surface area contributed by atoms with Gasteiger partial charge in [0.25, 0.3) is 0 Å². The maximum absolute atomic E-state index is 13.3. The molecular formula is C16H15FN2O3S. The molecule has 0 aliphatic carbocycles. The molecule has 1 heterocycles. The van der Waals surface area contributed by atoms with Gasteiger partial charge in [-0.25, -0.2) is 12.8 Å². The van der Waals surface area contributed by atoms with E-state index in [1.165, 1.54) is 25.1 Å². The first-order chi connectivity index (χ1) is 10.9. The quantitative estimate of drug-likeness (QED) is 0.938. The number of amides is 1. The van der Waals surface area contributed by atoms with Crippen molar-refractivity contribution in [3.8, 4) is 0 Å². The molecule has 1 N–H and O–H groups in total. The number of nitrogens with one attached hydrogen (secondary N) is 1. The van der Waals surface area contributed by atoms with Crippen LogP contribution < -0.4 is 9.62 Å². The zero-order chi connectivity index (χ0) is 16.6. The third-order valence-electron chi connectivity index (χ3n) is 3.67. The molecule has 0 fully saturated rings. The second-order valence-electron chi connectivity index (χ2n) is 5.36. The Morgan fingerprint density at radius 3 is 2.65 bits per heavy atom. The highest BCUT2D eigenvalue weighted by molar-refractivity contribution is 7.92. The molecule has 0 spiro atoms. The molecule has 1 atom stereocenters. The second-order valence-corrected chi connectivity index (χ2v) is 7.21. The molecule has 7 heteroatoms. The maximum Gasteiger partial charge on any atom is 0.248 e. The first kappa shape index (κ1) is 15.5. The van der Waals surface area contributed by atoms with Crippen LogP contribution in [-0.2, 0) is 20.6 Å². The molecule has 23 heavy (non-hydrogen) atoms.